The lowest BCUT2D eigenvalue weighted by atomic mass is 9.46. The summed E-state index contributed by atoms with van der Waals surface area (Å²) in [5.74, 6) is 1.25. The van der Waals surface area contributed by atoms with Gasteiger partial charge in [0.05, 0.1) is 0 Å². The highest BCUT2D eigenvalue weighted by molar-refractivity contribution is 8.14. The fraction of sp³-hybridized carbons (Fsp3) is 0.724. The number of allylic oxidation sites excluding steroid dienone is 1. The van der Waals surface area contributed by atoms with Crippen molar-refractivity contribution in [3.8, 4) is 0 Å². The third-order valence-electron chi connectivity index (χ3n) is 10.8. The summed E-state index contributed by atoms with van der Waals surface area (Å²) < 4.78 is 28.7. The molecular weight excluding hydrogens is 613 g/mol. The number of sulfonamides is 1. The minimum absolute atomic E-state index is 0.0119. The van der Waals surface area contributed by atoms with Gasteiger partial charge in [-0.2, -0.15) is 4.99 Å². The zero-order valence-corrected chi connectivity index (χ0v) is 27.7. The molecule has 11 nitrogen and oxygen atoms in total. The Labute approximate surface area is 260 Å². The maximum atomic E-state index is 12.2. The van der Waals surface area contributed by atoms with Crippen LogP contribution in [0.1, 0.15) is 85.5 Å². The van der Waals surface area contributed by atoms with E-state index < -0.39 is 15.9 Å². The molecule has 4 fully saturated rings. The molecule has 0 bridgehead atoms. The molecule has 14 heteroatoms. The Kier molecular flexibility index (Phi) is 8.49. The van der Waals surface area contributed by atoms with Gasteiger partial charge in [0.2, 0.25) is 15.0 Å². The van der Waals surface area contributed by atoms with Crippen molar-refractivity contribution in [3.63, 3.8) is 0 Å². The van der Waals surface area contributed by atoms with Crippen LogP contribution in [0.3, 0.4) is 0 Å². The molecule has 1 spiro atoms. The van der Waals surface area contributed by atoms with Gasteiger partial charge in [0.25, 0.3) is 10.0 Å². The Balaban J connectivity index is 0.000000222. The van der Waals surface area contributed by atoms with Crippen LogP contribution in [0.5, 0.6) is 0 Å². The van der Waals surface area contributed by atoms with Gasteiger partial charge >= 0.3 is 5.97 Å². The predicted octanol–water partition coefficient (Wildman–Crippen LogP) is 3.43. The van der Waals surface area contributed by atoms with E-state index in [1.54, 1.807) is 6.92 Å². The number of aromatic nitrogens is 2. The number of ketones is 1. The second-order valence-electron chi connectivity index (χ2n) is 13.1. The normalized spacial score (nSPS) is 37.1. The van der Waals surface area contributed by atoms with Crippen molar-refractivity contribution in [2.45, 2.75) is 101 Å². The van der Waals surface area contributed by atoms with E-state index in [2.05, 4.69) is 23.9 Å². The number of thioether (sulfide) groups is 1. The summed E-state index contributed by atoms with van der Waals surface area (Å²) in [6.45, 7) is 7.68. The zero-order valence-electron chi connectivity index (χ0n) is 25.3. The van der Waals surface area contributed by atoms with Crippen molar-refractivity contribution < 1.29 is 32.3 Å². The van der Waals surface area contributed by atoms with Crippen molar-refractivity contribution in [2.75, 3.05) is 0 Å². The molecule has 1 amide bonds. The molecule has 2 heterocycles. The maximum absolute atomic E-state index is 12.2. The molecule has 1 aliphatic heterocycles. The Bertz CT molecular complexity index is 1580. The summed E-state index contributed by atoms with van der Waals surface area (Å²) in [5, 5.41) is 8.87. The van der Waals surface area contributed by atoms with Gasteiger partial charge in [-0.3, -0.25) is 19.2 Å². The number of amides is 1. The summed E-state index contributed by atoms with van der Waals surface area (Å²) in [7, 11) is -2.35. The molecule has 0 unspecified atom stereocenters. The summed E-state index contributed by atoms with van der Waals surface area (Å²) in [6, 6.07) is 0. The van der Waals surface area contributed by atoms with Crippen LogP contribution in [-0.2, 0) is 41.0 Å². The fourth-order valence-electron chi connectivity index (χ4n) is 8.80. The number of aryl methyl sites for hydroxylation is 1. The molecule has 6 rings (SSSR count). The number of hydrogen-bond acceptors (Lipinski definition) is 10. The highest BCUT2D eigenvalue weighted by Gasteiger charge is 2.68. The lowest BCUT2D eigenvalue weighted by molar-refractivity contribution is -0.167. The maximum Gasteiger partial charge on any atom is 0.306 e. The molecule has 4 aliphatic carbocycles. The van der Waals surface area contributed by atoms with Gasteiger partial charge in [-0.15, -0.1) is 5.10 Å². The highest BCUT2D eigenvalue weighted by Crippen LogP contribution is 2.70. The molecule has 43 heavy (non-hydrogen) atoms. The van der Waals surface area contributed by atoms with Crippen LogP contribution in [0.25, 0.3) is 0 Å². The zero-order chi connectivity index (χ0) is 31.5. The molecular formula is C29H40N4O7S3. The van der Waals surface area contributed by atoms with Gasteiger partial charge in [-0.05, 0) is 74.2 Å². The number of carbonyl (C=O) groups is 4. The molecule has 2 N–H and O–H groups in total. The van der Waals surface area contributed by atoms with E-state index in [-0.39, 0.29) is 47.7 Å². The molecule has 3 saturated carbocycles. The van der Waals surface area contributed by atoms with Gasteiger partial charge in [0.15, 0.2) is 10.9 Å². The second kappa shape index (κ2) is 11.3. The van der Waals surface area contributed by atoms with Crippen LogP contribution in [0.15, 0.2) is 21.0 Å². The van der Waals surface area contributed by atoms with Crippen LogP contribution in [0.4, 0.5) is 0 Å². The first-order valence-electron chi connectivity index (χ1n) is 14.7. The van der Waals surface area contributed by atoms with Crippen molar-refractivity contribution in [2.24, 2.45) is 45.8 Å². The average molecular weight is 653 g/mol. The quantitative estimate of drug-likeness (QED) is 0.471. The molecule has 7 atom stereocenters. The Hall–Kier alpha value is -2.16. The minimum Gasteiger partial charge on any atom is -0.458 e. The van der Waals surface area contributed by atoms with Crippen LogP contribution >= 0.6 is 23.1 Å². The van der Waals surface area contributed by atoms with E-state index in [1.807, 2.05) is 6.08 Å². The summed E-state index contributed by atoms with van der Waals surface area (Å²) in [4.78, 5) is 50.8. The highest BCUT2D eigenvalue weighted by atomic mass is 32.2. The van der Waals surface area contributed by atoms with Gasteiger partial charge in [0, 0.05) is 44.4 Å². The lowest BCUT2D eigenvalue weighted by Crippen LogP contribution is -2.57. The van der Waals surface area contributed by atoms with Crippen LogP contribution in [-0.4, -0.2) is 51.8 Å². The van der Waals surface area contributed by atoms with Crippen molar-refractivity contribution in [3.05, 3.63) is 16.5 Å². The topological polar surface area (TPSA) is 168 Å². The number of rotatable bonds is 2. The smallest absolute Gasteiger partial charge is 0.306 e. The van der Waals surface area contributed by atoms with Gasteiger partial charge in [-0.1, -0.05) is 42.5 Å². The van der Waals surface area contributed by atoms with Crippen LogP contribution in [0, 0.1) is 28.6 Å². The first kappa shape index (κ1) is 32.2. The number of esters is 1. The molecule has 5 aliphatic rings. The number of fused-ring (bicyclic) bond motifs is 6. The molecule has 0 radical (unpaired) electrons. The van der Waals surface area contributed by atoms with Gasteiger partial charge in [-0.25, -0.2) is 18.2 Å². The SMILES string of the molecule is CC(=O)/N=c1\sc(S(N)(=O)=O)nn1C.CC(=O)S[C@@H]1CC2=CC(=O)CC[C@]2(C)[C@H]2CC[C@@]3(C)[C@@H](CC[C@@]34CCC(=O)O4)[C@H]12. The van der Waals surface area contributed by atoms with E-state index in [4.69, 9.17) is 9.88 Å². The minimum atomic E-state index is -3.83. The van der Waals surface area contributed by atoms with Gasteiger partial charge in [0.1, 0.15) is 5.60 Å². The number of hydrogen-bond donors (Lipinski definition) is 1. The van der Waals surface area contributed by atoms with E-state index in [0.717, 1.165) is 56.3 Å². The largest absolute Gasteiger partial charge is 0.458 e. The number of carbonyl (C=O) groups excluding carboxylic acids is 4. The summed E-state index contributed by atoms with van der Waals surface area (Å²) in [5.41, 5.74) is 1.09. The number of nitrogens with zero attached hydrogens (tertiary/aromatic N) is 3. The summed E-state index contributed by atoms with van der Waals surface area (Å²) >= 11 is 2.24. The number of primary sulfonamides is 1. The van der Waals surface area contributed by atoms with Crippen LogP contribution < -0.4 is 9.94 Å². The van der Waals surface area contributed by atoms with E-state index in [0.29, 0.717) is 30.6 Å². The summed E-state index contributed by atoms with van der Waals surface area (Å²) in [6.07, 6.45) is 10.0. The second-order valence-corrected chi connectivity index (χ2v) is 17.2. The Morgan fingerprint density at radius 1 is 1.12 bits per heavy atom. The van der Waals surface area contributed by atoms with Crippen molar-refractivity contribution in [1.29, 1.82) is 0 Å². The van der Waals surface area contributed by atoms with Crippen molar-refractivity contribution in [1.82, 2.24) is 9.78 Å². The van der Waals surface area contributed by atoms with Gasteiger partial charge < -0.3 is 4.74 Å². The van der Waals surface area contributed by atoms with E-state index in [9.17, 15) is 27.6 Å². The van der Waals surface area contributed by atoms with E-state index >= 15 is 0 Å². The lowest BCUT2D eigenvalue weighted by Gasteiger charge is -2.61. The Morgan fingerprint density at radius 3 is 2.40 bits per heavy atom. The third-order valence-corrected chi connectivity index (χ3v) is 14.2. The molecule has 236 valence electrons. The van der Waals surface area contributed by atoms with E-state index in [1.165, 1.54) is 36.0 Å². The molecule has 1 aromatic heterocycles. The molecule has 1 aromatic rings. The first-order chi connectivity index (χ1) is 20.0. The average Bonchev–Trinajstić information content (AvgIpc) is 3.55. The molecule has 0 aromatic carbocycles. The third kappa shape index (κ3) is 5.72. The number of ether oxygens (including phenoxy) is 1. The van der Waals surface area contributed by atoms with Crippen molar-refractivity contribution >= 4 is 55.9 Å². The monoisotopic (exact) mass is 652 g/mol. The number of nitrogens with two attached hydrogens (primary N) is 1. The fourth-order valence-corrected chi connectivity index (χ4v) is 11.6. The molecule has 1 saturated heterocycles. The van der Waals surface area contributed by atoms with Crippen LogP contribution in [0.2, 0.25) is 0 Å². The standard InChI is InChI=1S/C24H32O4S.C5H8N4O3S2/c1-14(25)29-19-13-15-12-16(26)4-8-22(15,2)17-5-9-23(3)18(21(17)19)6-10-24(23)11-7-20(27)28-24;1-3(10)7-4-9(2)8-5(13-4)14(6,11)12/h12,17-19,21H,4-11,13H2,1-3H3;1-2H3,(H2,6,11,12)/b;7-4-/t17-,18-,19+,21+,22-,23-,24+;/m0./s1. The Morgan fingerprint density at radius 2 is 1.81 bits per heavy atom. The predicted molar refractivity (Wildman–Crippen MR) is 161 cm³/mol. The first-order valence-corrected chi connectivity index (χ1v) is 18.0.